The number of hydrogen-bond acceptors (Lipinski definition) is 3. The quantitative estimate of drug-likeness (QED) is 0.777. The van der Waals surface area contributed by atoms with Gasteiger partial charge in [-0.15, -0.1) is 0 Å². The van der Waals surface area contributed by atoms with E-state index in [-0.39, 0.29) is 23.2 Å². The molecular weight excluding hydrogens is 288 g/mol. The zero-order valence-electron chi connectivity index (χ0n) is 13.6. The second kappa shape index (κ2) is 5.65. The Bertz CT molecular complexity index is 773. The van der Waals surface area contributed by atoms with Crippen molar-refractivity contribution in [3.8, 4) is 17.2 Å². The largest absolute Gasteiger partial charge is 0.508 e. The van der Waals surface area contributed by atoms with Gasteiger partial charge in [0, 0.05) is 11.1 Å². The van der Waals surface area contributed by atoms with Gasteiger partial charge in [0.2, 0.25) is 0 Å². The maximum atomic E-state index is 10.5. The Kier molecular flexibility index (Phi) is 3.80. The van der Waals surface area contributed by atoms with Crippen LogP contribution in [0.25, 0.3) is 5.57 Å². The second-order valence-electron chi connectivity index (χ2n) is 6.43. The van der Waals surface area contributed by atoms with Gasteiger partial charge >= 0.3 is 0 Å². The summed E-state index contributed by atoms with van der Waals surface area (Å²) in [6.45, 7) is 7.86. The summed E-state index contributed by atoms with van der Waals surface area (Å²) in [7, 11) is 0. The van der Waals surface area contributed by atoms with Crippen LogP contribution in [0.15, 0.2) is 30.8 Å². The molecule has 0 heterocycles. The first-order chi connectivity index (χ1) is 10.9. The summed E-state index contributed by atoms with van der Waals surface area (Å²) in [5.41, 5.74) is 5.27. The summed E-state index contributed by atoms with van der Waals surface area (Å²) >= 11 is 0. The average Bonchev–Trinajstić information content (AvgIpc) is 2.54. The van der Waals surface area contributed by atoms with Crippen molar-refractivity contribution in [3.63, 3.8) is 0 Å². The van der Waals surface area contributed by atoms with Gasteiger partial charge in [-0.3, -0.25) is 0 Å². The van der Waals surface area contributed by atoms with E-state index in [1.165, 1.54) is 0 Å². The molecule has 1 atom stereocenters. The molecular formula is C20H22O3. The first-order valence-corrected chi connectivity index (χ1v) is 7.91. The third-order valence-electron chi connectivity index (χ3n) is 5.03. The summed E-state index contributed by atoms with van der Waals surface area (Å²) in [6.07, 6.45) is 2.59. The van der Waals surface area contributed by atoms with Crippen molar-refractivity contribution < 1.29 is 15.3 Å². The van der Waals surface area contributed by atoms with Crippen LogP contribution in [0, 0.1) is 19.8 Å². The van der Waals surface area contributed by atoms with Crippen LogP contribution in [0.1, 0.15) is 34.2 Å². The van der Waals surface area contributed by atoms with E-state index >= 15 is 0 Å². The van der Waals surface area contributed by atoms with E-state index in [4.69, 9.17) is 0 Å². The van der Waals surface area contributed by atoms with Gasteiger partial charge in [0.15, 0.2) is 0 Å². The predicted octanol–water partition coefficient (Wildman–Crippen LogP) is 4.24. The van der Waals surface area contributed by atoms with E-state index in [0.717, 1.165) is 47.1 Å². The summed E-state index contributed by atoms with van der Waals surface area (Å²) < 4.78 is 0. The van der Waals surface area contributed by atoms with Crippen molar-refractivity contribution in [2.45, 2.75) is 33.1 Å². The van der Waals surface area contributed by atoms with Crippen LogP contribution >= 0.6 is 0 Å². The van der Waals surface area contributed by atoms with E-state index < -0.39 is 0 Å². The molecule has 2 aromatic rings. The summed E-state index contributed by atoms with van der Waals surface area (Å²) in [5, 5.41) is 30.0. The lowest BCUT2D eigenvalue weighted by atomic mass is 9.75. The number of allylic oxidation sites excluding steroid dienone is 1. The third kappa shape index (κ3) is 2.56. The minimum Gasteiger partial charge on any atom is -0.508 e. The molecule has 0 spiro atoms. The Morgan fingerprint density at radius 3 is 2.30 bits per heavy atom. The maximum Gasteiger partial charge on any atom is 0.129 e. The number of fused-ring (bicyclic) bond motifs is 1. The Balaban J connectivity index is 1.96. The number of phenolic OH excluding ortho intramolecular Hbond substituents is 3. The number of phenols is 3. The molecule has 3 heteroatoms. The zero-order valence-corrected chi connectivity index (χ0v) is 13.6. The van der Waals surface area contributed by atoms with E-state index in [9.17, 15) is 15.3 Å². The minimum atomic E-state index is 0.156. The predicted molar refractivity (Wildman–Crippen MR) is 91.9 cm³/mol. The Morgan fingerprint density at radius 2 is 1.65 bits per heavy atom. The highest BCUT2D eigenvalue weighted by molar-refractivity contribution is 5.78. The molecule has 0 radical (unpaired) electrons. The van der Waals surface area contributed by atoms with E-state index in [1.807, 2.05) is 19.1 Å². The van der Waals surface area contributed by atoms with Crippen LogP contribution in [0.5, 0.6) is 17.2 Å². The molecule has 0 aliphatic heterocycles. The van der Waals surface area contributed by atoms with E-state index in [1.54, 1.807) is 19.1 Å². The smallest absolute Gasteiger partial charge is 0.129 e. The molecule has 0 aromatic heterocycles. The van der Waals surface area contributed by atoms with Crippen molar-refractivity contribution in [2.24, 2.45) is 5.92 Å². The molecule has 0 saturated heterocycles. The topological polar surface area (TPSA) is 60.7 Å². The Morgan fingerprint density at radius 1 is 1.00 bits per heavy atom. The SMILES string of the molecule is C=C1c2c(O)c(C)c(O)c(C)c2CCC1Cc1ccc(O)cc1. The molecule has 23 heavy (non-hydrogen) atoms. The molecule has 1 aliphatic rings. The van der Waals surface area contributed by atoms with Crippen molar-refractivity contribution >= 4 is 5.57 Å². The number of rotatable bonds is 2. The number of benzene rings is 2. The highest BCUT2D eigenvalue weighted by Gasteiger charge is 2.29. The van der Waals surface area contributed by atoms with Crippen LogP contribution in [-0.4, -0.2) is 15.3 Å². The minimum absolute atomic E-state index is 0.156. The first-order valence-electron chi connectivity index (χ1n) is 7.91. The monoisotopic (exact) mass is 310 g/mol. The average molecular weight is 310 g/mol. The van der Waals surface area contributed by atoms with Crippen LogP contribution in [0.3, 0.4) is 0 Å². The maximum absolute atomic E-state index is 10.5. The van der Waals surface area contributed by atoms with E-state index in [0.29, 0.717) is 5.56 Å². The van der Waals surface area contributed by atoms with Gasteiger partial charge in [-0.1, -0.05) is 18.7 Å². The van der Waals surface area contributed by atoms with Gasteiger partial charge in [0.1, 0.15) is 17.2 Å². The first kappa shape index (κ1) is 15.5. The molecule has 0 saturated carbocycles. The van der Waals surface area contributed by atoms with Gasteiger partial charge in [-0.2, -0.15) is 0 Å². The molecule has 3 nitrogen and oxygen atoms in total. The van der Waals surface area contributed by atoms with Crippen molar-refractivity contribution in [3.05, 3.63) is 58.7 Å². The molecule has 0 bridgehead atoms. The lowest BCUT2D eigenvalue weighted by molar-refractivity contribution is 0.433. The fourth-order valence-corrected chi connectivity index (χ4v) is 3.55. The standard InChI is InChI=1S/C20H22O3/c1-11-15(10-14-4-7-16(21)8-5-14)6-9-17-12(2)19(22)13(3)20(23)18(11)17/h4-5,7-8,15,21-23H,1,6,9-10H2,2-3H3. The third-order valence-corrected chi connectivity index (χ3v) is 5.03. The van der Waals surface area contributed by atoms with Crippen molar-refractivity contribution in [1.82, 2.24) is 0 Å². The Labute approximate surface area is 136 Å². The number of aromatic hydroxyl groups is 3. The zero-order chi connectivity index (χ0) is 16.7. The molecule has 0 fully saturated rings. The molecule has 1 aliphatic carbocycles. The van der Waals surface area contributed by atoms with Crippen LogP contribution in [0.4, 0.5) is 0 Å². The molecule has 3 rings (SSSR count). The normalized spacial score (nSPS) is 17.1. The van der Waals surface area contributed by atoms with Crippen molar-refractivity contribution in [2.75, 3.05) is 0 Å². The van der Waals surface area contributed by atoms with Crippen LogP contribution < -0.4 is 0 Å². The molecule has 120 valence electrons. The molecule has 0 amide bonds. The summed E-state index contributed by atoms with van der Waals surface area (Å²) in [5.74, 6) is 0.858. The Hall–Kier alpha value is -2.42. The molecule has 3 N–H and O–H groups in total. The van der Waals surface area contributed by atoms with Gasteiger partial charge in [0.05, 0.1) is 0 Å². The van der Waals surface area contributed by atoms with Gasteiger partial charge in [-0.05, 0) is 73.4 Å². The lowest BCUT2D eigenvalue weighted by Crippen LogP contribution is -2.16. The van der Waals surface area contributed by atoms with Gasteiger partial charge in [0.25, 0.3) is 0 Å². The highest BCUT2D eigenvalue weighted by atomic mass is 16.3. The fourth-order valence-electron chi connectivity index (χ4n) is 3.55. The molecule has 2 aromatic carbocycles. The van der Waals surface area contributed by atoms with Crippen LogP contribution in [0.2, 0.25) is 0 Å². The fraction of sp³-hybridized carbons (Fsp3) is 0.300. The van der Waals surface area contributed by atoms with Crippen molar-refractivity contribution in [1.29, 1.82) is 0 Å². The molecule has 1 unspecified atom stereocenters. The highest BCUT2D eigenvalue weighted by Crippen LogP contribution is 2.46. The second-order valence-corrected chi connectivity index (χ2v) is 6.43. The summed E-state index contributed by atoms with van der Waals surface area (Å²) in [4.78, 5) is 0. The summed E-state index contributed by atoms with van der Waals surface area (Å²) in [6, 6.07) is 7.23. The lowest BCUT2D eigenvalue weighted by Gasteiger charge is -2.30. The van der Waals surface area contributed by atoms with Gasteiger partial charge < -0.3 is 15.3 Å². The van der Waals surface area contributed by atoms with E-state index in [2.05, 4.69) is 6.58 Å². The van der Waals surface area contributed by atoms with Gasteiger partial charge in [-0.25, -0.2) is 0 Å². The van der Waals surface area contributed by atoms with Crippen LogP contribution in [-0.2, 0) is 12.8 Å². The number of hydrogen-bond donors (Lipinski definition) is 3.